The first-order valence-corrected chi connectivity index (χ1v) is 14.7. The second-order valence-electron chi connectivity index (χ2n) is 9.15. The van der Waals surface area contributed by atoms with Gasteiger partial charge in [0.25, 0.3) is 15.9 Å². The lowest BCUT2D eigenvalue weighted by atomic mass is 10.1. The van der Waals surface area contributed by atoms with Crippen LogP contribution in [0.1, 0.15) is 21.1 Å². The van der Waals surface area contributed by atoms with E-state index in [0.717, 1.165) is 10.5 Å². The van der Waals surface area contributed by atoms with Crippen molar-refractivity contribution in [2.75, 3.05) is 39.8 Å². The van der Waals surface area contributed by atoms with Crippen molar-refractivity contribution in [2.45, 2.75) is 17.5 Å². The summed E-state index contributed by atoms with van der Waals surface area (Å²) in [6.45, 7) is 0.652. The third-order valence-electron chi connectivity index (χ3n) is 6.85. The van der Waals surface area contributed by atoms with Crippen molar-refractivity contribution in [1.29, 1.82) is 0 Å². The minimum Gasteiger partial charge on any atom is -0.357 e. The molecule has 4 heterocycles. The SMILES string of the molecule is CNC(=O)C1CN(S(=O)(=O)c2cc3cc(Cl)ccc3[nH]2)CCN1C(=O)c1ncc(C2=CCN(C(N)=O)CC2)s1. The van der Waals surface area contributed by atoms with Crippen molar-refractivity contribution >= 4 is 67.3 Å². The number of aromatic amines is 1. The molecule has 39 heavy (non-hydrogen) atoms. The van der Waals surface area contributed by atoms with Gasteiger partial charge in [-0.3, -0.25) is 9.59 Å². The number of halogens is 1. The number of nitrogens with zero attached hydrogens (tertiary/aromatic N) is 4. The molecule has 0 radical (unpaired) electrons. The van der Waals surface area contributed by atoms with E-state index in [0.29, 0.717) is 35.4 Å². The zero-order valence-electron chi connectivity index (χ0n) is 20.9. The van der Waals surface area contributed by atoms with Crippen LogP contribution in [0.25, 0.3) is 16.5 Å². The molecular weight excluding hydrogens is 566 g/mol. The number of rotatable bonds is 5. The molecule has 0 saturated carbocycles. The second kappa shape index (κ2) is 10.6. The molecule has 0 spiro atoms. The van der Waals surface area contributed by atoms with Crippen LogP contribution in [-0.4, -0.2) is 96.1 Å². The maximum absolute atomic E-state index is 13.5. The van der Waals surface area contributed by atoms with Gasteiger partial charge in [-0.25, -0.2) is 18.2 Å². The Bertz CT molecular complexity index is 1600. The number of hydrogen-bond acceptors (Lipinski definition) is 7. The third kappa shape index (κ3) is 5.24. The first kappa shape index (κ1) is 27.1. The third-order valence-corrected chi connectivity index (χ3v) is 9.94. The Morgan fingerprint density at radius 2 is 2.00 bits per heavy atom. The normalized spacial score (nSPS) is 18.7. The lowest BCUT2D eigenvalue weighted by Crippen LogP contribution is -2.61. The van der Waals surface area contributed by atoms with Gasteiger partial charge in [0.1, 0.15) is 11.1 Å². The number of fused-ring (bicyclic) bond motifs is 1. The van der Waals surface area contributed by atoms with Gasteiger partial charge in [0.15, 0.2) is 5.01 Å². The topological polar surface area (TPSA) is 162 Å². The maximum atomic E-state index is 13.5. The summed E-state index contributed by atoms with van der Waals surface area (Å²) >= 11 is 7.23. The van der Waals surface area contributed by atoms with Crippen molar-refractivity contribution in [3.05, 3.63) is 51.4 Å². The number of piperazine rings is 1. The number of nitrogens with one attached hydrogen (secondary N) is 2. The molecule has 1 fully saturated rings. The lowest BCUT2D eigenvalue weighted by molar-refractivity contribution is -0.126. The highest BCUT2D eigenvalue weighted by Gasteiger charge is 2.41. The van der Waals surface area contributed by atoms with E-state index >= 15 is 0 Å². The average molecular weight is 592 g/mol. The van der Waals surface area contributed by atoms with Gasteiger partial charge < -0.3 is 25.8 Å². The summed E-state index contributed by atoms with van der Waals surface area (Å²) in [6.07, 6.45) is 4.06. The number of thiazole rings is 1. The summed E-state index contributed by atoms with van der Waals surface area (Å²) in [5, 5.41) is 3.84. The van der Waals surface area contributed by atoms with Crippen LogP contribution in [0.3, 0.4) is 0 Å². The van der Waals surface area contributed by atoms with E-state index in [9.17, 15) is 22.8 Å². The van der Waals surface area contributed by atoms with Gasteiger partial charge in [-0.1, -0.05) is 17.7 Å². The van der Waals surface area contributed by atoms with Crippen molar-refractivity contribution in [1.82, 2.24) is 29.4 Å². The predicted molar refractivity (Wildman–Crippen MR) is 147 cm³/mol. The second-order valence-corrected chi connectivity index (χ2v) is 12.5. The number of hydrogen-bond donors (Lipinski definition) is 3. The van der Waals surface area contributed by atoms with Crippen LogP contribution < -0.4 is 11.1 Å². The Morgan fingerprint density at radius 1 is 1.21 bits per heavy atom. The van der Waals surface area contributed by atoms with E-state index in [2.05, 4.69) is 15.3 Å². The molecule has 3 aromatic rings. The summed E-state index contributed by atoms with van der Waals surface area (Å²) in [6, 6.07) is 4.99. The highest BCUT2D eigenvalue weighted by atomic mass is 35.5. The lowest BCUT2D eigenvalue weighted by Gasteiger charge is -2.39. The molecule has 1 saturated heterocycles. The molecule has 1 atom stereocenters. The van der Waals surface area contributed by atoms with Crippen molar-refractivity contribution in [3.8, 4) is 0 Å². The molecule has 0 aliphatic carbocycles. The summed E-state index contributed by atoms with van der Waals surface area (Å²) < 4.78 is 28.1. The maximum Gasteiger partial charge on any atom is 0.315 e. The molecule has 4 amide bonds. The number of likely N-dealkylation sites (N-methyl/N-ethyl adjacent to an activating group) is 1. The zero-order valence-corrected chi connectivity index (χ0v) is 23.3. The smallest absolute Gasteiger partial charge is 0.315 e. The van der Waals surface area contributed by atoms with E-state index in [4.69, 9.17) is 17.3 Å². The van der Waals surface area contributed by atoms with E-state index < -0.39 is 33.9 Å². The molecule has 1 unspecified atom stereocenters. The van der Waals surface area contributed by atoms with Crippen LogP contribution in [0.15, 0.2) is 41.6 Å². The number of urea groups is 1. The van der Waals surface area contributed by atoms with E-state index in [1.165, 1.54) is 38.6 Å². The molecule has 1 aromatic carbocycles. The van der Waals surface area contributed by atoms with Gasteiger partial charge in [-0.15, -0.1) is 11.3 Å². The zero-order chi connectivity index (χ0) is 27.9. The number of carbonyl (C=O) groups excluding carboxylic acids is 3. The van der Waals surface area contributed by atoms with Gasteiger partial charge >= 0.3 is 6.03 Å². The van der Waals surface area contributed by atoms with Crippen LogP contribution in [-0.2, 0) is 14.8 Å². The Labute approximate surface area is 233 Å². The van der Waals surface area contributed by atoms with Crippen LogP contribution >= 0.6 is 22.9 Å². The largest absolute Gasteiger partial charge is 0.357 e. The molecule has 4 N–H and O–H groups in total. The molecule has 2 aliphatic heterocycles. The highest BCUT2D eigenvalue weighted by molar-refractivity contribution is 7.89. The number of aromatic nitrogens is 2. The summed E-state index contributed by atoms with van der Waals surface area (Å²) in [5.41, 5.74) is 6.91. The first-order valence-electron chi connectivity index (χ1n) is 12.1. The van der Waals surface area contributed by atoms with Gasteiger partial charge in [0.05, 0.1) is 4.88 Å². The molecule has 5 rings (SSSR count). The molecule has 206 valence electrons. The quantitative estimate of drug-likeness (QED) is 0.409. The molecule has 2 aliphatic rings. The number of H-pyrrole nitrogens is 1. The summed E-state index contributed by atoms with van der Waals surface area (Å²) in [5.74, 6) is -0.933. The van der Waals surface area contributed by atoms with Crippen LogP contribution in [0.4, 0.5) is 4.79 Å². The first-order chi connectivity index (χ1) is 18.6. The van der Waals surface area contributed by atoms with Crippen LogP contribution in [0, 0.1) is 0 Å². The van der Waals surface area contributed by atoms with E-state index in [1.54, 1.807) is 24.4 Å². The Hall–Kier alpha value is -3.46. The Morgan fingerprint density at radius 3 is 2.69 bits per heavy atom. The highest BCUT2D eigenvalue weighted by Crippen LogP contribution is 2.30. The number of benzene rings is 1. The van der Waals surface area contributed by atoms with Gasteiger partial charge in [0.2, 0.25) is 5.91 Å². The molecular formula is C24H26ClN7O5S2. The van der Waals surface area contributed by atoms with Crippen LogP contribution in [0.5, 0.6) is 0 Å². The van der Waals surface area contributed by atoms with Gasteiger partial charge in [0, 0.05) is 61.9 Å². The van der Waals surface area contributed by atoms with E-state index in [1.807, 2.05) is 6.08 Å². The van der Waals surface area contributed by atoms with Crippen molar-refractivity contribution < 1.29 is 22.8 Å². The van der Waals surface area contributed by atoms with Gasteiger partial charge in [-0.05, 0) is 36.3 Å². The molecule has 15 heteroatoms. The monoisotopic (exact) mass is 591 g/mol. The number of primary amides is 1. The Kier molecular flexibility index (Phi) is 7.37. The average Bonchev–Trinajstić information content (AvgIpc) is 3.60. The van der Waals surface area contributed by atoms with Crippen LogP contribution in [0.2, 0.25) is 5.02 Å². The number of carbonyl (C=O) groups is 3. The summed E-state index contributed by atoms with van der Waals surface area (Å²) in [4.78, 5) is 48.5. The molecule has 2 aromatic heterocycles. The predicted octanol–water partition coefficient (Wildman–Crippen LogP) is 1.71. The van der Waals surface area contributed by atoms with E-state index in [-0.39, 0.29) is 29.7 Å². The summed E-state index contributed by atoms with van der Waals surface area (Å²) in [7, 11) is -2.55. The standard InChI is InChI=1S/C24H26ClN7O5S2/c1-27-21(33)18-13-31(39(36,37)20-11-15-10-16(25)2-3-17(15)29-20)8-9-32(18)23(34)22-28-12-19(38-22)14-4-6-30(7-5-14)24(26)35/h2-4,10-12,18,29H,5-9,13H2,1H3,(H2,26,35)(H,27,33). The van der Waals surface area contributed by atoms with Crippen molar-refractivity contribution in [3.63, 3.8) is 0 Å². The number of nitrogens with two attached hydrogens (primary N) is 1. The Balaban J connectivity index is 1.35. The fourth-order valence-corrected chi connectivity index (χ4v) is 7.28. The fraction of sp³-hybridized carbons (Fsp3) is 0.333. The van der Waals surface area contributed by atoms with Gasteiger partial charge in [-0.2, -0.15) is 4.31 Å². The molecule has 12 nitrogen and oxygen atoms in total. The fourth-order valence-electron chi connectivity index (χ4n) is 4.70. The minimum atomic E-state index is -3.99. The minimum absolute atomic E-state index is 0.00399. The molecule has 0 bridgehead atoms. The van der Waals surface area contributed by atoms with Crippen molar-refractivity contribution in [2.24, 2.45) is 5.73 Å². The number of amides is 4. The number of sulfonamides is 1.